The summed E-state index contributed by atoms with van der Waals surface area (Å²) in [6, 6.07) is 0. The van der Waals surface area contributed by atoms with E-state index in [9.17, 15) is 30.0 Å². The summed E-state index contributed by atoms with van der Waals surface area (Å²) in [5, 5.41) is 47.0. The van der Waals surface area contributed by atoms with E-state index in [1.165, 1.54) is 0 Å². The number of carbonyl (C=O) groups excluding carboxylic acids is 1. The number of aliphatic hydroxyl groups excluding tert-OH is 2. The van der Waals surface area contributed by atoms with Crippen LogP contribution in [-0.4, -0.2) is 79.1 Å². The van der Waals surface area contributed by atoms with Gasteiger partial charge in [0, 0.05) is 35.5 Å². The summed E-state index contributed by atoms with van der Waals surface area (Å²) in [5.74, 6) is -4.77. The van der Waals surface area contributed by atoms with Crippen LogP contribution in [0.25, 0.3) is 0 Å². The van der Waals surface area contributed by atoms with Crippen molar-refractivity contribution in [1.29, 1.82) is 0 Å². The highest BCUT2D eigenvalue weighted by atomic mass is 16.9. The third-order valence-electron chi connectivity index (χ3n) is 12.6. The maximum absolute atomic E-state index is 13.5. The van der Waals surface area contributed by atoms with Crippen molar-refractivity contribution in [2.75, 3.05) is 0 Å². The Morgan fingerprint density at radius 1 is 1.17 bits per heavy atom. The predicted molar refractivity (Wildman–Crippen MR) is 144 cm³/mol. The fourth-order valence-corrected chi connectivity index (χ4v) is 11.3. The molecule has 3 saturated heterocycles. The van der Waals surface area contributed by atoms with Crippen LogP contribution in [0.15, 0.2) is 23.8 Å². The number of carboxylic acid groups (broad SMARTS) is 1. The van der Waals surface area contributed by atoms with Crippen molar-refractivity contribution >= 4 is 11.9 Å². The Balaban J connectivity index is 1.69. The van der Waals surface area contributed by atoms with E-state index < -0.39 is 86.7 Å². The first-order valence-electron chi connectivity index (χ1n) is 14.8. The van der Waals surface area contributed by atoms with Crippen molar-refractivity contribution in [2.45, 2.75) is 128 Å². The highest BCUT2D eigenvalue weighted by molar-refractivity contribution is 5.73. The largest absolute Gasteiger partial charge is 0.481 e. The van der Waals surface area contributed by atoms with Gasteiger partial charge in [0.2, 0.25) is 0 Å². The number of aliphatic carboxylic acids is 1. The first-order chi connectivity index (χ1) is 18.9. The van der Waals surface area contributed by atoms with Crippen LogP contribution >= 0.6 is 0 Å². The quantitative estimate of drug-likeness (QED) is 0.263. The minimum Gasteiger partial charge on any atom is -0.481 e. The monoisotopic (exact) mass is 576 g/mol. The van der Waals surface area contributed by atoms with E-state index in [2.05, 4.69) is 0 Å². The SMILES string of the molecule is C/C=C\C(=C/C)C(O)C(C)(C)C1CC(=O)OC2C3(O)C(O)C4(C)CC35OC3(C)OC12C(CC)(O3)C5(C)C4CC(=O)O. The van der Waals surface area contributed by atoms with Crippen molar-refractivity contribution in [3.63, 3.8) is 0 Å². The standard InChI is InChI=1S/C31H44O10/c1-9-12-16(10-2)21(35)24(4,5)17-14-20(34)38-23-30(37)22(36)25(6)15-29(30)26(7,18(25)13-19(32)33)28(11-3)31(17,23)41-27(8,39-28)40-29/h9-10,12,17-18,21-23,35-37H,11,13-15H2,1-8H3,(H,32,33)/b12-9-,16-10+. The molecule has 6 aliphatic rings. The number of fused-ring (bicyclic) bond motifs is 3. The maximum Gasteiger partial charge on any atom is 0.306 e. The molecule has 12 atom stereocenters. The number of aliphatic hydroxyl groups is 3. The Hall–Kier alpha value is -1.82. The van der Waals surface area contributed by atoms with E-state index in [0.717, 1.165) is 0 Å². The lowest BCUT2D eigenvalue weighted by atomic mass is 9.36. The van der Waals surface area contributed by atoms with Gasteiger partial charge in [0.05, 0.1) is 18.6 Å². The molecule has 6 fully saturated rings. The van der Waals surface area contributed by atoms with Gasteiger partial charge >= 0.3 is 11.9 Å². The normalized spacial score (nSPS) is 54.0. The van der Waals surface area contributed by atoms with Crippen molar-refractivity contribution in [3.8, 4) is 0 Å². The second-order valence-electron chi connectivity index (χ2n) is 14.4. The average molecular weight is 577 g/mol. The minimum absolute atomic E-state index is 0.140. The number of hydrogen-bond acceptors (Lipinski definition) is 9. The van der Waals surface area contributed by atoms with Gasteiger partial charge in [-0.25, -0.2) is 0 Å². The second kappa shape index (κ2) is 8.01. The van der Waals surface area contributed by atoms with Crippen LogP contribution in [0.3, 0.4) is 0 Å². The predicted octanol–water partition coefficient (Wildman–Crippen LogP) is 2.83. The van der Waals surface area contributed by atoms with Crippen molar-refractivity contribution in [1.82, 2.24) is 0 Å². The van der Waals surface area contributed by atoms with Crippen LogP contribution in [0, 0.1) is 28.1 Å². The van der Waals surface area contributed by atoms with Gasteiger partial charge in [0.1, 0.15) is 16.8 Å². The molecular weight excluding hydrogens is 532 g/mol. The number of carbonyl (C=O) groups is 2. The molecule has 0 aromatic rings. The molecule has 3 heterocycles. The van der Waals surface area contributed by atoms with Crippen LogP contribution < -0.4 is 0 Å². The number of hydrogen-bond donors (Lipinski definition) is 4. The highest BCUT2D eigenvalue weighted by Gasteiger charge is 3.02. The van der Waals surface area contributed by atoms with Gasteiger partial charge in [-0.15, -0.1) is 0 Å². The number of allylic oxidation sites excluding steroid dienone is 2. The number of esters is 1. The topological polar surface area (TPSA) is 152 Å². The third-order valence-corrected chi connectivity index (χ3v) is 12.6. The fourth-order valence-electron chi connectivity index (χ4n) is 11.3. The van der Waals surface area contributed by atoms with Gasteiger partial charge in [-0.1, -0.05) is 52.8 Å². The molecule has 10 heteroatoms. The summed E-state index contributed by atoms with van der Waals surface area (Å²) in [6.45, 7) is 14.6. The van der Waals surface area contributed by atoms with Gasteiger partial charge in [-0.2, -0.15) is 0 Å². The summed E-state index contributed by atoms with van der Waals surface area (Å²) in [5.41, 5.74) is -9.24. The second-order valence-corrected chi connectivity index (χ2v) is 14.4. The minimum atomic E-state index is -2.13. The van der Waals surface area contributed by atoms with Crippen LogP contribution in [0.5, 0.6) is 0 Å². The lowest BCUT2D eigenvalue weighted by Gasteiger charge is -2.75. The molecular formula is C31H44O10. The molecule has 0 aromatic carbocycles. The maximum atomic E-state index is 13.5. The zero-order chi connectivity index (χ0) is 30.4. The van der Waals surface area contributed by atoms with Crippen LogP contribution in [0.1, 0.15) is 81.1 Å². The molecule has 0 aromatic heterocycles. The molecule has 10 nitrogen and oxygen atoms in total. The Kier molecular flexibility index (Phi) is 5.72. The Morgan fingerprint density at radius 2 is 1.83 bits per heavy atom. The molecule has 4 N–H and O–H groups in total. The summed E-state index contributed by atoms with van der Waals surface area (Å²) >= 11 is 0. The van der Waals surface area contributed by atoms with Gasteiger partial charge in [0.15, 0.2) is 11.7 Å². The van der Waals surface area contributed by atoms with Crippen molar-refractivity contribution in [3.05, 3.63) is 23.8 Å². The first kappa shape index (κ1) is 29.3. The summed E-state index contributed by atoms with van der Waals surface area (Å²) in [7, 11) is 0. The van der Waals surface area contributed by atoms with Gasteiger partial charge in [-0.05, 0) is 38.2 Å². The van der Waals surface area contributed by atoms with E-state index in [0.29, 0.717) is 12.0 Å². The van der Waals surface area contributed by atoms with E-state index in [4.69, 9.17) is 18.9 Å². The van der Waals surface area contributed by atoms with E-state index in [-0.39, 0.29) is 19.3 Å². The average Bonchev–Trinajstić information content (AvgIpc) is 3.30. The lowest BCUT2D eigenvalue weighted by Crippen LogP contribution is -2.93. The summed E-state index contributed by atoms with van der Waals surface area (Å²) < 4.78 is 26.6. The summed E-state index contributed by atoms with van der Waals surface area (Å²) in [4.78, 5) is 25.9. The lowest BCUT2D eigenvalue weighted by molar-refractivity contribution is -0.475. The van der Waals surface area contributed by atoms with Crippen LogP contribution in [0.2, 0.25) is 0 Å². The number of rotatable bonds is 7. The first-order valence-corrected chi connectivity index (χ1v) is 14.8. The zero-order valence-electron chi connectivity index (χ0n) is 25.2. The van der Waals surface area contributed by atoms with Gasteiger partial charge in [0.25, 0.3) is 5.97 Å². The molecule has 3 saturated carbocycles. The van der Waals surface area contributed by atoms with Gasteiger partial charge < -0.3 is 39.4 Å². The Bertz CT molecular complexity index is 1280. The van der Waals surface area contributed by atoms with Crippen molar-refractivity contribution < 1.29 is 49.0 Å². The van der Waals surface area contributed by atoms with Gasteiger partial charge in [-0.3, -0.25) is 9.59 Å². The van der Waals surface area contributed by atoms with E-state index in [1.807, 2.05) is 59.8 Å². The molecule has 228 valence electrons. The third kappa shape index (κ3) is 2.69. The van der Waals surface area contributed by atoms with Crippen LogP contribution in [0.4, 0.5) is 0 Å². The number of carboxylic acids is 1. The van der Waals surface area contributed by atoms with Crippen molar-refractivity contribution in [2.24, 2.45) is 28.1 Å². The molecule has 3 aliphatic carbocycles. The molecule has 4 bridgehead atoms. The Morgan fingerprint density at radius 3 is 2.39 bits per heavy atom. The molecule has 3 aliphatic heterocycles. The number of ether oxygens (including phenoxy) is 4. The van der Waals surface area contributed by atoms with Crippen LogP contribution in [-0.2, 0) is 28.5 Å². The molecule has 2 spiro atoms. The highest BCUT2D eigenvalue weighted by Crippen LogP contribution is 2.88. The molecule has 12 unspecified atom stereocenters. The molecule has 0 radical (unpaired) electrons. The zero-order valence-corrected chi connectivity index (χ0v) is 25.2. The molecule has 41 heavy (non-hydrogen) atoms. The summed E-state index contributed by atoms with van der Waals surface area (Å²) in [6.07, 6.45) is 1.56. The molecule has 0 amide bonds. The smallest absolute Gasteiger partial charge is 0.306 e. The van der Waals surface area contributed by atoms with E-state index >= 15 is 0 Å². The fraction of sp³-hybridized carbons (Fsp3) is 0.806. The molecule has 6 rings (SSSR count). The van der Waals surface area contributed by atoms with E-state index in [1.54, 1.807) is 13.8 Å². The Labute approximate surface area is 240 Å².